The molecule has 1 atom stereocenters. The lowest BCUT2D eigenvalue weighted by atomic mass is 9.94. The lowest BCUT2D eigenvalue weighted by Crippen LogP contribution is -2.46. The monoisotopic (exact) mass is 260 g/mol. The molecule has 0 aromatic heterocycles. The summed E-state index contributed by atoms with van der Waals surface area (Å²) in [5.41, 5.74) is 4.33. The Hall–Kier alpha value is -1.06. The summed E-state index contributed by atoms with van der Waals surface area (Å²) in [4.78, 5) is 2.53. The van der Waals surface area contributed by atoms with Crippen molar-refractivity contribution in [2.75, 3.05) is 32.1 Å². The van der Waals surface area contributed by atoms with Crippen molar-refractivity contribution in [1.82, 2.24) is 4.90 Å². The van der Waals surface area contributed by atoms with Crippen molar-refractivity contribution in [1.29, 1.82) is 0 Å². The van der Waals surface area contributed by atoms with Crippen molar-refractivity contribution in [2.24, 2.45) is 0 Å². The van der Waals surface area contributed by atoms with Crippen molar-refractivity contribution < 1.29 is 4.74 Å². The number of para-hydroxylation sites is 1. The molecule has 3 nitrogen and oxygen atoms in total. The van der Waals surface area contributed by atoms with Gasteiger partial charge in [-0.05, 0) is 43.9 Å². The summed E-state index contributed by atoms with van der Waals surface area (Å²) in [7, 11) is 1.84. The molecule has 1 N–H and O–H groups in total. The standard InChI is InChI=1S/C16H24N2O/c1-16(19-2)8-4-10-18(12-16)11-14-6-3-5-13-7-9-17-15(13)14/h3,5-6,17H,4,7-12H2,1-2H3. The maximum atomic E-state index is 5.68. The fourth-order valence-electron chi connectivity index (χ4n) is 3.39. The van der Waals surface area contributed by atoms with Crippen LogP contribution in [0.5, 0.6) is 0 Å². The first-order chi connectivity index (χ1) is 9.20. The molecule has 1 fully saturated rings. The van der Waals surface area contributed by atoms with E-state index in [1.54, 1.807) is 0 Å². The van der Waals surface area contributed by atoms with E-state index in [1.807, 2.05) is 7.11 Å². The van der Waals surface area contributed by atoms with Crippen molar-refractivity contribution in [2.45, 2.75) is 38.3 Å². The predicted octanol–water partition coefficient (Wildman–Crippen LogP) is 2.66. The minimum atomic E-state index is 0.0314. The van der Waals surface area contributed by atoms with Gasteiger partial charge < -0.3 is 10.1 Å². The molecule has 1 unspecified atom stereocenters. The van der Waals surface area contributed by atoms with Gasteiger partial charge in [-0.15, -0.1) is 0 Å². The van der Waals surface area contributed by atoms with Crippen molar-refractivity contribution in [3.05, 3.63) is 29.3 Å². The van der Waals surface area contributed by atoms with Gasteiger partial charge in [-0.3, -0.25) is 4.90 Å². The van der Waals surface area contributed by atoms with Gasteiger partial charge in [-0.2, -0.15) is 0 Å². The van der Waals surface area contributed by atoms with Crippen LogP contribution in [0, 0.1) is 0 Å². The van der Waals surface area contributed by atoms with Gasteiger partial charge in [-0.1, -0.05) is 18.2 Å². The third-order valence-electron chi connectivity index (χ3n) is 4.56. The number of piperidine rings is 1. The number of hydrogen-bond donors (Lipinski definition) is 1. The second-order valence-corrected chi connectivity index (χ2v) is 6.10. The smallest absolute Gasteiger partial charge is 0.0777 e. The van der Waals surface area contributed by atoms with Crippen LogP contribution < -0.4 is 5.32 Å². The highest BCUT2D eigenvalue weighted by Crippen LogP contribution is 2.30. The van der Waals surface area contributed by atoms with E-state index in [4.69, 9.17) is 4.74 Å². The SMILES string of the molecule is COC1(C)CCCN(Cc2cccc3c2NCC3)C1. The van der Waals surface area contributed by atoms with E-state index in [0.29, 0.717) is 0 Å². The fourth-order valence-corrected chi connectivity index (χ4v) is 3.39. The molecule has 3 rings (SSSR count). The molecule has 19 heavy (non-hydrogen) atoms. The quantitative estimate of drug-likeness (QED) is 0.904. The molecule has 2 heterocycles. The van der Waals surface area contributed by atoms with E-state index < -0.39 is 0 Å². The molecule has 104 valence electrons. The number of benzene rings is 1. The van der Waals surface area contributed by atoms with Gasteiger partial charge in [-0.25, -0.2) is 0 Å². The van der Waals surface area contributed by atoms with E-state index in [2.05, 4.69) is 35.3 Å². The third kappa shape index (κ3) is 2.63. The maximum absolute atomic E-state index is 5.68. The highest BCUT2D eigenvalue weighted by atomic mass is 16.5. The predicted molar refractivity (Wildman–Crippen MR) is 78.6 cm³/mol. The Morgan fingerprint density at radius 3 is 3.16 bits per heavy atom. The zero-order valence-corrected chi connectivity index (χ0v) is 12.0. The Bertz CT molecular complexity index is 460. The number of anilines is 1. The Morgan fingerprint density at radius 2 is 2.32 bits per heavy atom. The number of likely N-dealkylation sites (tertiary alicyclic amines) is 1. The third-order valence-corrected chi connectivity index (χ3v) is 4.56. The average molecular weight is 260 g/mol. The summed E-state index contributed by atoms with van der Waals surface area (Å²) >= 11 is 0. The Kier molecular flexibility index (Phi) is 3.50. The zero-order valence-electron chi connectivity index (χ0n) is 12.0. The van der Waals surface area contributed by atoms with Crippen LogP contribution in [-0.2, 0) is 17.7 Å². The normalized spacial score (nSPS) is 27.1. The van der Waals surface area contributed by atoms with Gasteiger partial charge in [0.2, 0.25) is 0 Å². The molecule has 1 saturated heterocycles. The second-order valence-electron chi connectivity index (χ2n) is 6.10. The van der Waals surface area contributed by atoms with Gasteiger partial charge >= 0.3 is 0 Å². The molecule has 0 aliphatic carbocycles. The lowest BCUT2D eigenvalue weighted by molar-refractivity contribution is -0.0526. The molecule has 0 radical (unpaired) electrons. The largest absolute Gasteiger partial charge is 0.384 e. The summed E-state index contributed by atoms with van der Waals surface area (Å²) in [6.07, 6.45) is 3.57. The highest BCUT2D eigenvalue weighted by molar-refractivity contribution is 5.61. The lowest BCUT2D eigenvalue weighted by Gasteiger charge is -2.39. The Balaban J connectivity index is 1.73. The Labute approximate surface area is 115 Å². The number of rotatable bonds is 3. The molecular formula is C16H24N2O. The van der Waals surface area contributed by atoms with Gasteiger partial charge in [0.05, 0.1) is 5.60 Å². The van der Waals surface area contributed by atoms with E-state index in [9.17, 15) is 0 Å². The molecule has 1 aromatic carbocycles. The molecule has 1 aromatic rings. The second kappa shape index (κ2) is 5.14. The van der Waals surface area contributed by atoms with Crippen molar-refractivity contribution in [3.63, 3.8) is 0 Å². The number of hydrogen-bond acceptors (Lipinski definition) is 3. The number of ether oxygens (including phenoxy) is 1. The van der Waals surface area contributed by atoms with Gasteiger partial charge in [0.1, 0.15) is 0 Å². The van der Waals surface area contributed by atoms with E-state index >= 15 is 0 Å². The molecule has 3 heteroatoms. The summed E-state index contributed by atoms with van der Waals surface area (Å²) in [6, 6.07) is 6.70. The van der Waals surface area contributed by atoms with Crippen LogP contribution in [0.4, 0.5) is 5.69 Å². The van der Waals surface area contributed by atoms with Crippen LogP contribution >= 0.6 is 0 Å². The summed E-state index contributed by atoms with van der Waals surface area (Å²) < 4.78 is 5.68. The summed E-state index contributed by atoms with van der Waals surface area (Å²) in [5, 5.41) is 3.54. The number of methoxy groups -OCH3 is 1. The van der Waals surface area contributed by atoms with Crippen LogP contribution in [0.1, 0.15) is 30.9 Å². The minimum Gasteiger partial charge on any atom is -0.384 e. The summed E-state index contributed by atoms with van der Waals surface area (Å²) in [6.45, 7) is 6.57. The van der Waals surface area contributed by atoms with E-state index in [0.717, 1.165) is 19.6 Å². The van der Waals surface area contributed by atoms with Crippen LogP contribution in [0.2, 0.25) is 0 Å². The molecule has 0 amide bonds. The minimum absolute atomic E-state index is 0.0314. The molecule has 2 aliphatic rings. The van der Waals surface area contributed by atoms with Gasteiger partial charge in [0.15, 0.2) is 0 Å². The topological polar surface area (TPSA) is 24.5 Å². The average Bonchev–Trinajstić information content (AvgIpc) is 2.88. The zero-order chi connectivity index (χ0) is 13.3. The van der Waals surface area contributed by atoms with Crippen LogP contribution in [0.15, 0.2) is 18.2 Å². The highest BCUT2D eigenvalue weighted by Gasteiger charge is 2.31. The molecular weight excluding hydrogens is 236 g/mol. The van der Waals surface area contributed by atoms with Crippen LogP contribution in [0.25, 0.3) is 0 Å². The Morgan fingerprint density at radius 1 is 1.42 bits per heavy atom. The van der Waals surface area contributed by atoms with Gasteiger partial charge in [0.25, 0.3) is 0 Å². The number of nitrogens with zero attached hydrogens (tertiary/aromatic N) is 1. The maximum Gasteiger partial charge on any atom is 0.0777 e. The molecule has 0 bridgehead atoms. The van der Waals surface area contributed by atoms with E-state index in [1.165, 1.54) is 42.6 Å². The number of nitrogens with one attached hydrogen (secondary N) is 1. The van der Waals surface area contributed by atoms with E-state index in [-0.39, 0.29) is 5.60 Å². The fraction of sp³-hybridized carbons (Fsp3) is 0.625. The van der Waals surface area contributed by atoms with Crippen molar-refractivity contribution >= 4 is 5.69 Å². The first-order valence-corrected chi connectivity index (χ1v) is 7.32. The first kappa shape index (κ1) is 12.9. The van der Waals surface area contributed by atoms with Crippen LogP contribution in [-0.4, -0.2) is 37.2 Å². The summed E-state index contributed by atoms with van der Waals surface area (Å²) in [5.74, 6) is 0. The molecule has 0 saturated carbocycles. The van der Waals surface area contributed by atoms with Crippen LogP contribution in [0.3, 0.4) is 0 Å². The van der Waals surface area contributed by atoms with Crippen molar-refractivity contribution in [3.8, 4) is 0 Å². The van der Waals surface area contributed by atoms with Gasteiger partial charge in [0, 0.05) is 32.4 Å². The first-order valence-electron chi connectivity index (χ1n) is 7.32. The number of fused-ring (bicyclic) bond motifs is 1. The molecule has 2 aliphatic heterocycles. The molecule has 0 spiro atoms.